The van der Waals surface area contributed by atoms with Crippen molar-refractivity contribution in [3.05, 3.63) is 52.8 Å². The molecule has 0 N–H and O–H groups in total. The van der Waals surface area contributed by atoms with Gasteiger partial charge in [0.1, 0.15) is 0 Å². The highest BCUT2D eigenvalue weighted by Crippen LogP contribution is 2.41. The third kappa shape index (κ3) is 2.29. The molecular formula is C15H16INO2. The van der Waals surface area contributed by atoms with Crippen LogP contribution >= 0.6 is 22.6 Å². The zero-order valence-electron chi connectivity index (χ0n) is 11.0. The molecule has 0 unspecified atom stereocenters. The molecule has 4 heteroatoms. The van der Waals surface area contributed by atoms with Gasteiger partial charge in [0.25, 0.3) is 0 Å². The molecule has 2 atom stereocenters. The second kappa shape index (κ2) is 5.00. The van der Waals surface area contributed by atoms with Crippen LogP contribution < -0.4 is 4.90 Å². The lowest BCUT2D eigenvalue weighted by Gasteiger charge is -2.28. The standard InChI is InChI=1S/C15H16INO2/c1-5-10(2)15(4)11(3)17(14(18)19-15)13-8-6-12(16)7-9-13/h5-10H,1,3H2,2,4H3/t10-,15+/m0/s1. The number of anilines is 1. The van der Waals surface area contributed by atoms with Crippen molar-refractivity contribution in [2.24, 2.45) is 5.92 Å². The van der Waals surface area contributed by atoms with Crippen LogP contribution in [0.15, 0.2) is 49.2 Å². The summed E-state index contributed by atoms with van der Waals surface area (Å²) >= 11 is 2.22. The lowest BCUT2D eigenvalue weighted by molar-refractivity contribution is 0.0589. The number of hydrogen-bond acceptors (Lipinski definition) is 2. The van der Waals surface area contributed by atoms with E-state index in [1.165, 1.54) is 4.90 Å². The molecule has 1 fully saturated rings. The molecule has 1 aliphatic rings. The number of hydrogen-bond donors (Lipinski definition) is 0. The summed E-state index contributed by atoms with van der Waals surface area (Å²) in [4.78, 5) is 13.6. The second-order valence-corrected chi connectivity index (χ2v) is 6.00. The minimum atomic E-state index is -0.734. The van der Waals surface area contributed by atoms with Gasteiger partial charge in [-0.05, 0) is 53.8 Å². The third-order valence-corrected chi connectivity index (χ3v) is 4.35. The molecule has 1 aliphatic heterocycles. The van der Waals surface area contributed by atoms with E-state index < -0.39 is 5.60 Å². The van der Waals surface area contributed by atoms with E-state index in [0.29, 0.717) is 5.70 Å². The molecule has 0 radical (unpaired) electrons. The molecule has 0 aliphatic carbocycles. The molecule has 0 saturated carbocycles. The van der Waals surface area contributed by atoms with E-state index in [1.807, 2.05) is 38.1 Å². The number of carbonyl (C=O) groups is 1. The summed E-state index contributed by atoms with van der Waals surface area (Å²) < 4.78 is 6.64. The topological polar surface area (TPSA) is 29.5 Å². The number of halogens is 1. The highest BCUT2D eigenvalue weighted by atomic mass is 127. The van der Waals surface area contributed by atoms with Gasteiger partial charge in [-0.3, -0.25) is 0 Å². The number of benzene rings is 1. The summed E-state index contributed by atoms with van der Waals surface area (Å²) in [5, 5.41) is 0. The van der Waals surface area contributed by atoms with Crippen LogP contribution in [0.4, 0.5) is 10.5 Å². The Morgan fingerprint density at radius 2 is 2.00 bits per heavy atom. The van der Waals surface area contributed by atoms with Crippen LogP contribution in [0.1, 0.15) is 13.8 Å². The maximum Gasteiger partial charge on any atom is 0.419 e. The van der Waals surface area contributed by atoms with Crippen LogP contribution in [0.3, 0.4) is 0 Å². The fourth-order valence-corrected chi connectivity index (χ4v) is 2.41. The Hall–Kier alpha value is -1.30. The quantitative estimate of drug-likeness (QED) is 0.586. The largest absolute Gasteiger partial charge is 0.436 e. The van der Waals surface area contributed by atoms with Gasteiger partial charge in [0.15, 0.2) is 5.60 Å². The van der Waals surface area contributed by atoms with Gasteiger partial charge < -0.3 is 4.74 Å². The number of cyclic esters (lactones) is 1. The van der Waals surface area contributed by atoms with E-state index in [0.717, 1.165) is 9.26 Å². The predicted octanol–water partition coefficient (Wildman–Crippen LogP) is 4.34. The summed E-state index contributed by atoms with van der Waals surface area (Å²) in [6, 6.07) is 7.67. The summed E-state index contributed by atoms with van der Waals surface area (Å²) in [6.07, 6.45) is 1.39. The average molecular weight is 369 g/mol. The first-order valence-electron chi connectivity index (χ1n) is 6.00. The van der Waals surface area contributed by atoms with Crippen molar-refractivity contribution in [3.63, 3.8) is 0 Å². The molecule has 100 valence electrons. The SMILES string of the molecule is C=C[C@H](C)[C@@]1(C)OC(=O)N(c2ccc(I)cc2)C1=C. The maximum atomic E-state index is 12.1. The summed E-state index contributed by atoms with van der Waals surface area (Å²) in [6.45, 7) is 11.6. The molecular weight excluding hydrogens is 353 g/mol. The molecule has 1 aromatic carbocycles. The van der Waals surface area contributed by atoms with E-state index >= 15 is 0 Å². The van der Waals surface area contributed by atoms with E-state index in [-0.39, 0.29) is 12.0 Å². The first-order chi connectivity index (χ1) is 8.90. The molecule has 0 bridgehead atoms. The molecule has 1 aromatic rings. The van der Waals surface area contributed by atoms with Gasteiger partial charge in [-0.1, -0.05) is 19.6 Å². The maximum absolute atomic E-state index is 12.1. The number of rotatable bonds is 3. The van der Waals surface area contributed by atoms with Gasteiger partial charge in [-0.25, -0.2) is 9.69 Å². The van der Waals surface area contributed by atoms with E-state index in [2.05, 4.69) is 35.7 Å². The van der Waals surface area contributed by atoms with Crippen LogP contribution in [0.5, 0.6) is 0 Å². The summed E-state index contributed by atoms with van der Waals surface area (Å²) in [7, 11) is 0. The molecule has 1 heterocycles. The predicted molar refractivity (Wildman–Crippen MR) is 85.0 cm³/mol. The molecule has 1 saturated heterocycles. The Labute approximate surface area is 127 Å². The molecule has 1 amide bonds. The van der Waals surface area contributed by atoms with Crippen molar-refractivity contribution in [1.82, 2.24) is 0 Å². The smallest absolute Gasteiger partial charge is 0.419 e. The monoisotopic (exact) mass is 369 g/mol. The van der Waals surface area contributed by atoms with Crippen molar-refractivity contribution in [2.75, 3.05) is 4.90 Å². The molecule has 0 aromatic heterocycles. The zero-order chi connectivity index (χ0) is 14.2. The zero-order valence-corrected chi connectivity index (χ0v) is 13.2. The Kier molecular flexibility index (Phi) is 3.71. The van der Waals surface area contributed by atoms with Gasteiger partial charge in [-0.2, -0.15) is 0 Å². The normalized spacial score (nSPS) is 24.3. The Morgan fingerprint density at radius 3 is 2.53 bits per heavy atom. The van der Waals surface area contributed by atoms with Crippen LogP contribution in [0.25, 0.3) is 0 Å². The Bertz CT molecular complexity index is 538. The van der Waals surface area contributed by atoms with Gasteiger partial charge in [0.05, 0.1) is 11.4 Å². The Morgan fingerprint density at radius 1 is 1.42 bits per heavy atom. The van der Waals surface area contributed by atoms with Crippen molar-refractivity contribution in [1.29, 1.82) is 0 Å². The third-order valence-electron chi connectivity index (χ3n) is 3.63. The van der Waals surface area contributed by atoms with Crippen molar-refractivity contribution in [2.45, 2.75) is 19.4 Å². The molecule has 2 rings (SSSR count). The lowest BCUT2D eigenvalue weighted by Crippen LogP contribution is -2.34. The summed E-state index contributed by atoms with van der Waals surface area (Å²) in [5.41, 5.74) is 0.684. The van der Waals surface area contributed by atoms with E-state index in [9.17, 15) is 4.79 Å². The fourth-order valence-electron chi connectivity index (χ4n) is 2.05. The van der Waals surface area contributed by atoms with Crippen LogP contribution in [-0.4, -0.2) is 11.7 Å². The number of nitrogens with zero attached hydrogens (tertiary/aromatic N) is 1. The number of amides is 1. The van der Waals surface area contributed by atoms with Crippen LogP contribution in [0.2, 0.25) is 0 Å². The highest BCUT2D eigenvalue weighted by molar-refractivity contribution is 14.1. The van der Waals surface area contributed by atoms with E-state index in [1.54, 1.807) is 6.08 Å². The van der Waals surface area contributed by atoms with Crippen molar-refractivity contribution < 1.29 is 9.53 Å². The first kappa shape index (κ1) is 14.1. The minimum absolute atomic E-state index is 0.00204. The molecule has 3 nitrogen and oxygen atoms in total. The molecule has 0 spiro atoms. The average Bonchev–Trinajstić information content (AvgIpc) is 2.62. The molecule has 19 heavy (non-hydrogen) atoms. The second-order valence-electron chi connectivity index (χ2n) is 4.76. The van der Waals surface area contributed by atoms with Gasteiger partial charge in [0.2, 0.25) is 0 Å². The Balaban J connectivity index is 2.39. The highest BCUT2D eigenvalue weighted by Gasteiger charge is 2.48. The van der Waals surface area contributed by atoms with Gasteiger partial charge >= 0.3 is 6.09 Å². The first-order valence-corrected chi connectivity index (χ1v) is 7.08. The van der Waals surface area contributed by atoms with Crippen molar-refractivity contribution >= 4 is 34.4 Å². The van der Waals surface area contributed by atoms with Crippen molar-refractivity contribution in [3.8, 4) is 0 Å². The lowest BCUT2D eigenvalue weighted by atomic mass is 9.88. The van der Waals surface area contributed by atoms with Crippen LogP contribution in [-0.2, 0) is 4.74 Å². The summed E-state index contributed by atoms with van der Waals surface area (Å²) in [5.74, 6) is -0.00204. The van der Waals surface area contributed by atoms with E-state index in [4.69, 9.17) is 4.74 Å². The van der Waals surface area contributed by atoms with Crippen LogP contribution in [0, 0.1) is 9.49 Å². The van der Waals surface area contributed by atoms with Gasteiger partial charge in [-0.15, -0.1) is 6.58 Å². The minimum Gasteiger partial charge on any atom is -0.436 e. The van der Waals surface area contributed by atoms with Gasteiger partial charge in [0, 0.05) is 9.49 Å². The number of ether oxygens (including phenoxy) is 1. The fraction of sp³-hybridized carbons (Fsp3) is 0.267. The number of carbonyl (C=O) groups excluding carboxylic acids is 1.